The Balaban J connectivity index is 1.80. The number of hydrogen-bond acceptors (Lipinski definition) is 5. The van der Waals surface area contributed by atoms with Gasteiger partial charge in [0.1, 0.15) is 0 Å². The van der Waals surface area contributed by atoms with Gasteiger partial charge < -0.3 is 15.1 Å². The second-order valence-corrected chi connectivity index (χ2v) is 5.57. The molecular weight excluding hydrogens is 302 g/mol. The van der Waals surface area contributed by atoms with Crippen molar-refractivity contribution in [2.45, 2.75) is 13.3 Å². The maximum Gasteiger partial charge on any atom is 0.291 e. The lowest BCUT2D eigenvalue weighted by molar-refractivity contribution is -0.115. The molecule has 6 nitrogen and oxygen atoms in total. The molecule has 0 unspecified atom stereocenters. The molecule has 2 N–H and O–H groups in total. The molecule has 0 bridgehead atoms. The SMILES string of the molecule is CCC(=O)Nc1nc2cc(NC(=O)c3ccco3)ccc2s1. The molecule has 1 aromatic carbocycles. The highest BCUT2D eigenvalue weighted by Gasteiger charge is 2.11. The number of nitrogens with one attached hydrogen (secondary N) is 2. The fourth-order valence-electron chi connectivity index (χ4n) is 1.87. The first-order valence-corrected chi connectivity index (χ1v) is 7.52. The number of hydrogen-bond donors (Lipinski definition) is 2. The molecule has 2 heterocycles. The molecule has 112 valence electrons. The normalized spacial score (nSPS) is 10.6. The number of aromatic nitrogens is 1. The van der Waals surface area contributed by atoms with E-state index in [2.05, 4.69) is 15.6 Å². The number of furan rings is 1. The zero-order valence-corrected chi connectivity index (χ0v) is 12.6. The van der Waals surface area contributed by atoms with Crippen LogP contribution in [0.1, 0.15) is 23.9 Å². The topological polar surface area (TPSA) is 84.2 Å². The molecule has 3 aromatic rings. The van der Waals surface area contributed by atoms with E-state index in [9.17, 15) is 9.59 Å². The first kappa shape index (κ1) is 14.3. The Kier molecular flexibility index (Phi) is 3.88. The van der Waals surface area contributed by atoms with Gasteiger partial charge in [0.25, 0.3) is 5.91 Å². The molecule has 0 aliphatic carbocycles. The molecule has 0 atom stereocenters. The maximum absolute atomic E-state index is 11.9. The number of benzene rings is 1. The highest BCUT2D eigenvalue weighted by molar-refractivity contribution is 7.22. The molecule has 3 rings (SSSR count). The first-order valence-electron chi connectivity index (χ1n) is 6.71. The molecule has 0 saturated carbocycles. The van der Waals surface area contributed by atoms with Gasteiger partial charge in [0.05, 0.1) is 16.5 Å². The van der Waals surface area contributed by atoms with Crippen LogP contribution >= 0.6 is 11.3 Å². The zero-order chi connectivity index (χ0) is 15.5. The van der Waals surface area contributed by atoms with Crippen molar-refractivity contribution in [2.75, 3.05) is 10.6 Å². The van der Waals surface area contributed by atoms with Crippen molar-refractivity contribution in [3.63, 3.8) is 0 Å². The average molecular weight is 315 g/mol. The fourth-order valence-corrected chi connectivity index (χ4v) is 2.73. The number of amides is 2. The van der Waals surface area contributed by atoms with E-state index in [4.69, 9.17) is 4.42 Å². The number of thiazole rings is 1. The Bertz CT molecular complexity index is 824. The summed E-state index contributed by atoms with van der Waals surface area (Å²) in [5, 5.41) is 6.02. The lowest BCUT2D eigenvalue weighted by Crippen LogP contribution is -2.10. The van der Waals surface area contributed by atoms with Crippen LogP contribution in [-0.4, -0.2) is 16.8 Å². The molecule has 0 aliphatic heterocycles. The van der Waals surface area contributed by atoms with Gasteiger partial charge in [0.2, 0.25) is 5.91 Å². The summed E-state index contributed by atoms with van der Waals surface area (Å²) in [7, 11) is 0. The summed E-state index contributed by atoms with van der Waals surface area (Å²) < 4.78 is 5.97. The van der Waals surface area contributed by atoms with Crippen LogP contribution < -0.4 is 10.6 Å². The summed E-state index contributed by atoms with van der Waals surface area (Å²) in [4.78, 5) is 27.7. The van der Waals surface area contributed by atoms with Crippen LogP contribution in [0.5, 0.6) is 0 Å². The lowest BCUT2D eigenvalue weighted by atomic mass is 10.3. The van der Waals surface area contributed by atoms with Crippen LogP contribution in [0.2, 0.25) is 0 Å². The van der Waals surface area contributed by atoms with E-state index in [0.29, 0.717) is 22.8 Å². The number of rotatable bonds is 4. The third-order valence-corrected chi connectivity index (χ3v) is 3.91. The van der Waals surface area contributed by atoms with E-state index in [-0.39, 0.29) is 17.6 Å². The van der Waals surface area contributed by atoms with Crippen molar-refractivity contribution in [1.82, 2.24) is 4.98 Å². The average Bonchev–Trinajstić information content (AvgIpc) is 3.15. The van der Waals surface area contributed by atoms with E-state index >= 15 is 0 Å². The second-order valence-electron chi connectivity index (χ2n) is 4.53. The number of fused-ring (bicyclic) bond motifs is 1. The van der Waals surface area contributed by atoms with E-state index in [1.165, 1.54) is 17.6 Å². The van der Waals surface area contributed by atoms with Gasteiger partial charge >= 0.3 is 0 Å². The van der Waals surface area contributed by atoms with Crippen molar-refractivity contribution in [3.8, 4) is 0 Å². The van der Waals surface area contributed by atoms with Gasteiger partial charge in [-0.3, -0.25) is 9.59 Å². The van der Waals surface area contributed by atoms with Crippen molar-refractivity contribution >= 4 is 44.2 Å². The minimum absolute atomic E-state index is 0.0783. The van der Waals surface area contributed by atoms with Crippen LogP contribution in [0.3, 0.4) is 0 Å². The number of carbonyl (C=O) groups excluding carboxylic acids is 2. The van der Waals surface area contributed by atoms with Crippen LogP contribution in [0.4, 0.5) is 10.8 Å². The van der Waals surface area contributed by atoms with Gasteiger partial charge in [-0.05, 0) is 30.3 Å². The molecule has 2 aromatic heterocycles. The smallest absolute Gasteiger partial charge is 0.291 e. The highest BCUT2D eigenvalue weighted by Crippen LogP contribution is 2.28. The van der Waals surface area contributed by atoms with Gasteiger partial charge in [-0.2, -0.15) is 0 Å². The zero-order valence-electron chi connectivity index (χ0n) is 11.8. The van der Waals surface area contributed by atoms with E-state index in [1.807, 2.05) is 6.07 Å². The van der Waals surface area contributed by atoms with Crippen LogP contribution in [-0.2, 0) is 4.79 Å². The molecule has 0 fully saturated rings. The summed E-state index contributed by atoms with van der Waals surface area (Å²) in [6, 6.07) is 8.64. The van der Waals surface area contributed by atoms with E-state index in [0.717, 1.165) is 4.70 Å². The Hall–Kier alpha value is -2.67. The van der Waals surface area contributed by atoms with Crippen molar-refractivity contribution in [2.24, 2.45) is 0 Å². The van der Waals surface area contributed by atoms with Gasteiger partial charge in [-0.25, -0.2) is 4.98 Å². The molecule has 22 heavy (non-hydrogen) atoms. The lowest BCUT2D eigenvalue weighted by Gasteiger charge is -2.02. The predicted octanol–water partition coefficient (Wildman–Crippen LogP) is 3.49. The monoisotopic (exact) mass is 315 g/mol. The molecule has 0 spiro atoms. The van der Waals surface area contributed by atoms with E-state index in [1.54, 1.807) is 31.2 Å². The summed E-state index contributed by atoms with van der Waals surface area (Å²) in [6.07, 6.45) is 1.85. The van der Waals surface area contributed by atoms with Crippen molar-refractivity contribution < 1.29 is 14.0 Å². The van der Waals surface area contributed by atoms with Gasteiger partial charge in [0.15, 0.2) is 10.9 Å². The molecule has 0 radical (unpaired) electrons. The number of nitrogens with zero attached hydrogens (tertiary/aromatic N) is 1. The number of carbonyl (C=O) groups is 2. The molecule has 2 amide bonds. The van der Waals surface area contributed by atoms with Crippen molar-refractivity contribution in [3.05, 3.63) is 42.4 Å². The third kappa shape index (κ3) is 2.99. The minimum atomic E-state index is -0.320. The number of anilines is 2. The molecule has 0 saturated heterocycles. The van der Waals surface area contributed by atoms with Crippen LogP contribution in [0, 0.1) is 0 Å². The Morgan fingerprint density at radius 2 is 2.14 bits per heavy atom. The summed E-state index contributed by atoms with van der Waals surface area (Å²) in [5.74, 6) is -0.154. The summed E-state index contributed by atoms with van der Waals surface area (Å²) >= 11 is 1.39. The summed E-state index contributed by atoms with van der Waals surface area (Å²) in [6.45, 7) is 1.78. The standard InChI is InChI=1S/C15H13N3O3S/c1-2-13(19)18-15-17-10-8-9(5-6-12(10)22-15)16-14(20)11-4-3-7-21-11/h3-8H,2H2,1H3,(H,16,20)(H,17,18,19). The Labute approximate surface area is 130 Å². The Morgan fingerprint density at radius 1 is 1.27 bits per heavy atom. The Morgan fingerprint density at radius 3 is 2.86 bits per heavy atom. The van der Waals surface area contributed by atoms with Crippen LogP contribution in [0.15, 0.2) is 41.0 Å². The maximum atomic E-state index is 11.9. The predicted molar refractivity (Wildman–Crippen MR) is 85.2 cm³/mol. The van der Waals surface area contributed by atoms with Gasteiger partial charge in [-0.1, -0.05) is 18.3 Å². The largest absolute Gasteiger partial charge is 0.459 e. The van der Waals surface area contributed by atoms with Gasteiger partial charge in [-0.15, -0.1) is 0 Å². The fraction of sp³-hybridized carbons (Fsp3) is 0.133. The second kappa shape index (κ2) is 5.98. The molecule has 7 heteroatoms. The van der Waals surface area contributed by atoms with E-state index < -0.39 is 0 Å². The van der Waals surface area contributed by atoms with Crippen LogP contribution in [0.25, 0.3) is 10.2 Å². The first-order chi connectivity index (χ1) is 10.7. The van der Waals surface area contributed by atoms with Gasteiger partial charge in [0, 0.05) is 12.1 Å². The summed E-state index contributed by atoms with van der Waals surface area (Å²) in [5.41, 5.74) is 1.33. The third-order valence-electron chi connectivity index (χ3n) is 2.96. The molecule has 0 aliphatic rings. The highest BCUT2D eigenvalue weighted by atomic mass is 32.1. The minimum Gasteiger partial charge on any atom is -0.459 e. The quantitative estimate of drug-likeness (QED) is 0.772. The molecular formula is C15H13N3O3S. The van der Waals surface area contributed by atoms with Crippen molar-refractivity contribution in [1.29, 1.82) is 0 Å².